The van der Waals surface area contributed by atoms with Gasteiger partial charge in [-0.2, -0.15) is 0 Å². The summed E-state index contributed by atoms with van der Waals surface area (Å²) in [6.45, 7) is 5.62. The average Bonchev–Trinajstić information content (AvgIpc) is 2.20. The van der Waals surface area contributed by atoms with E-state index in [0.717, 1.165) is 13.0 Å². The highest BCUT2D eigenvalue weighted by molar-refractivity contribution is 5.15. The SMILES string of the molecule is CCCCN[C@@H](C)Cc1ccccc1. The van der Waals surface area contributed by atoms with Crippen LogP contribution in [0.4, 0.5) is 0 Å². The number of nitrogens with one attached hydrogen (secondary N) is 1. The van der Waals surface area contributed by atoms with Gasteiger partial charge in [0.15, 0.2) is 0 Å². The maximum absolute atomic E-state index is 3.53. The van der Waals surface area contributed by atoms with Gasteiger partial charge < -0.3 is 5.32 Å². The number of hydrogen-bond acceptors (Lipinski definition) is 1. The van der Waals surface area contributed by atoms with Gasteiger partial charge >= 0.3 is 0 Å². The Morgan fingerprint density at radius 2 is 1.93 bits per heavy atom. The van der Waals surface area contributed by atoms with E-state index in [4.69, 9.17) is 0 Å². The summed E-state index contributed by atoms with van der Waals surface area (Å²) in [5.74, 6) is 0. The molecule has 0 unspecified atom stereocenters. The smallest absolute Gasteiger partial charge is 0.00791 e. The van der Waals surface area contributed by atoms with Crippen LogP contribution < -0.4 is 5.32 Å². The number of hydrogen-bond donors (Lipinski definition) is 1. The first kappa shape index (κ1) is 11.3. The fraction of sp³-hybridized carbons (Fsp3) is 0.538. The molecule has 0 bridgehead atoms. The van der Waals surface area contributed by atoms with E-state index in [-0.39, 0.29) is 0 Å². The molecule has 14 heavy (non-hydrogen) atoms. The Kier molecular flexibility index (Phi) is 5.31. The van der Waals surface area contributed by atoms with Crippen molar-refractivity contribution in [1.29, 1.82) is 0 Å². The van der Waals surface area contributed by atoms with Crippen LogP contribution in [0.5, 0.6) is 0 Å². The van der Waals surface area contributed by atoms with E-state index < -0.39 is 0 Å². The van der Waals surface area contributed by atoms with Crippen LogP contribution in [0.2, 0.25) is 0 Å². The molecule has 0 aliphatic carbocycles. The van der Waals surface area contributed by atoms with Gasteiger partial charge in [-0.15, -0.1) is 0 Å². The molecule has 0 spiro atoms. The summed E-state index contributed by atoms with van der Waals surface area (Å²) in [5.41, 5.74) is 1.42. The van der Waals surface area contributed by atoms with Gasteiger partial charge in [0.2, 0.25) is 0 Å². The molecule has 1 N–H and O–H groups in total. The zero-order valence-corrected chi connectivity index (χ0v) is 9.29. The van der Waals surface area contributed by atoms with Crippen LogP contribution in [0.25, 0.3) is 0 Å². The molecular weight excluding hydrogens is 170 g/mol. The van der Waals surface area contributed by atoms with Crippen LogP contribution in [0.3, 0.4) is 0 Å². The van der Waals surface area contributed by atoms with E-state index in [9.17, 15) is 0 Å². The van der Waals surface area contributed by atoms with Crippen LogP contribution in [0, 0.1) is 0 Å². The second kappa shape index (κ2) is 6.61. The summed E-state index contributed by atoms with van der Waals surface area (Å²) in [5, 5.41) is 3.53. The molecule has 0 fully saturated rings. The van der Waals surface area contributed by atoms with Gasteiger partial charge in [0, 0.05) is 6.04 Å². The van der Waals surface area contributed by atoms with E-state index in [1.54, 1.807) is 0 Å². The largest absolute Gasteiger partial charge is 0.314 e. The average molecular weight is 191 g/mol. The Morgan fingerprint density at radius 1 is 1.21 bits per heavy atom. The van der Waals surface area contributed by atoms with Crippen LogP contribution in [-0.4, -0.2) is 12.6 Å². The van der Waals surface area contributed by atoms with Crippen LogP contribution >= 0.6 is 0 Å². The lowest BCUT2D eigenvalue weighted by Gasteiger charge is -2.13. The van der Waals surface area contributed by atoms with Crippen molar-refractivity contribution in [2.75, 3.05) is 6.54 Å². The summed E-state index contributed by atoms with van der Waals surface area (Å²) in [7, 11) is 0. The van der Waals surface area contributed by atoms with Gasteiger partial charge in [-0.25, -0.2) is 0 Å². The third-order valence-corrected chi connectivity index (χ3v) is 2.41. The molecule has 0 aliphatic heterocycles. The fourth-order valence-corrected chi connectivity index (χ4v) is 1.57. The Labute approximate surface area is 87.5 Å². The summed E-state index contributed by atoms with van der Waals surface area (Å²) < 4.78 is 0. The molecule has 1 atom stereocenters. The highest BCUT2D eigenvalue weighted by atomic mass is 14.9. The van der Waals surface area contributed by atoms with E-state index in [0.29, 0.717) is 6.04 Å². The number of rotatable bonds is 6. The third kappa shape index (κ3) is 4.43. The monoisotopic (exact) mass is 191 g/mol. The van der Waals surface area contributed by atoms with Gasteiger partial charge in [0.05, 0.1) is 0 Å². The molecule has 1 aromatic carbocycles. The normalized spacial score (nSPS) is 12.7. The minimum absolute atomic E-state index is 0.587. The molecule has 0 saturated carbocycles. The Hall–Kier alpha value is -0.820. The van der Waals surface area contributed by atoms with Crippen molar-refractivity contribution in [1.82, 2.24) is 5.32 Å². The summed E-state index contributed by atoms with van der Waals surface area (Å²) in [6, 6.07) is 11.3. The molecule has 1 rings (SSSR count). The predicted octanol–water partition coefficient (Wildman–Crippen LogP) is 3.01. The van der Waals surface area contributed by atoms with Crippen molar-refractivity contribution >= 4 is 0 Å². The standard InChI is InChI=1S/C13H21N/c1-3-4-10-14-12(2)11-13-8-6-5-7-9-13/h5-9,12,14H,3-4,10-11H2,1-2H3/t12-/m0/s1. The highest BCUT2D eigenvalue weighted by Crippen LogP contribution is 2.02. The third-order valence-electron chi connectivity index (χ3n) is 2.41. The van der Waals surface area contributed by atoms with Gasteiger partial charge in [-0.1, -0.05) is 43.7 Å². The Morgan fingerprint density at radius 3 is 2.57 bits per heavy atom. The number of unbranched alkanes of at least 4 members (excludes halogenated alkanes) is 1. The minimum Gasteiger partial charge on any atom is -0.314 e. The van der Waals surface area contributed by atoms with Crippen molar-refractivity contribution in [2.24, 2.45) is 0 Å². The number of benzene rings is 1. The minimum atomic E-state index is 0.587. The van der Waals surface area contributed by atoms with E-state index in [2.05, 4.69) is 49.5 Å². The maximum atomic E-state index is 3.53. The topological polar surface area (TPSA) is 12.0 Å². The van der Waals surface area contributed by atoms with Crippen molar-refractivity contribution in [3.8, 4) is 0 Å². The van der Waals surface area contributed by atoms with Gasteiger partial charge in [0.1, 0.15) is 0 Å². The second-order valence-electron chi connectivity index (χ2n) is 3.90. The molecule has 1 nitrogen and oxygen atoms in total. The lowest BCUT2D eigenvalue weighted by atomic mass is 10.1. The maximum Gasteiger partial charge on any atom is 0.00791 e. The highest BCUT2D eigenvalue weighted by Gasteiger charge is 2.00. The molecule has 1 aromatic rings. The van der Waals surface area contributed by atoms with Crippen LogP contribution in [-0.2, 0) is 6.42 Å². The van der Waals surface area contributed by atoms with E-state index in [1.807, 2.05) is 0 Å². The molecule has 0 radical (unpaired) electrons. The Balaban J connectivity index is 2.23. The quantitative estimate of drug-likeness (QED) is 0.682. The van der Waals surface area contributed by atoms with Crippen molar-refractivity contribution in [3.05, 3.63) is 35.9 Å². The fourth-order valence-electron chi connectivity index (χ4n) is 1.57. The van der Waals surface area contributed by atoms with Crippen LogP contribution in [0.15, 0.2) is 30.3 Å². The van der Waals surface area contributed by atoms with Gasteiger partial charge in [-0.3, -0.25) is 0 Å². The molecular formula is C13H21N. The lowest BCUT2D eigenvalue weighted by Crippen LogP contribution is -2.28. The molecule has 78 valence electrons. The molecule has 0 saturated heterocycles. The van der Waals surface area contributed by atoms with Crippen molar-refractivity contribution in [3.63, 3.8) is 0 Å². The summed E-state index contributed by atoms with van der Waals surface area (Å²) in [4.78, 5) is 0. The molecule has 0 aliphatic rings. The van der Waals surface area contributed by atoms with Gasteiger partial charge in [-0.05, 0) is 31.9 Å². The van der Waals surface area contributed by atoms with Crippen molar-refractivity contribution in [2.45, 2.75) is 39.2 Å². The zero-order valence-electron chi connectivity index (χ0n) is 9.29. The first-order valence-electron chi connectivity index (χ1n) is 5.60. The lowest BCUT2D eigenvalue weighted by molar-refractivity contribution is 0.531. The van der Waals surface area contributed by atoms with E-state index >= 15 is 0 Å². The molecule has 0 aromatic heterocycles. The second-order valence-corrected chi connectivity index (χ2v) is 3.90. The first-order chi connectivity index (χ1) is 6.83. The summed E-state index contributed by atoms with van der Waals surface area (Å²) in [6.07, 6.45) is 3.68. The molecule has 0 amide bonds. The first-order valence-corrected chi connectivity index (χ1v) is 5.60. The Bertz CT molecular complexity index is 230. The predicted molar refractivity (Wildman–Crippen MR) is 62.5 cm³/mol. The summed E-state index contributed by atoms with van der Waals surface area (Å²) >= 11 is 0. The molecule has 0 heterocycles. The molecule has 1 heteroatoms. The van der Waals surface area contributed by atoms with Crippen molar-refractivity contribution < 1.29 is 0 Å². The van der Waals surface area contributed by atoms with E-state index in [1.165, 1.54) is 18.4 Å². The zero-order chi connectivity index (χ0) is 10.2. The van der Waals surface area contributed by atoms with Gasteiger partial charge in [0.25, 0.3) is 0 Å². The van der Waals surface area contributed by atoms with Crippen LogP contribution in [0.1, 0.15) is 32.3 Å².